The van der Waals surface area contributed by atoms with Crippen molar-refractivity contribution in [1.82, 2.24) is 4.90 Å². The van der Waals surface area contributed by atoms with Gasteiger partial charge in [-0.15, -0.1) is 0 Å². The number of rotatable bonds is 4. The standard InChI is InChI=1S/C9H13NO3/c11-4-2-1-3-10-8(12)6-5-7(6)9(10)13/h6-7,11H,1-5H2. The first-order valence-corrected chi connectivity index (χ1v) is 4.72. The Morgan fingerprint density at radius 1 is 1.23 bits per heavy atom. The smallest absolute Gasteiger partial charge is 0.233 e. The van der Waals surface area contributed by atoms with Crippen molar-refractivity contribution >= 4 is 11.8 Å². The van der Waals surface area contributed by atoms with Crippen molar-refractivity contribution in [3.63, 3.8) is 0 Å². The van der Waals surface area contributed by atoms with E-state index in [1.165, 1.54) is 4.90 Å². The number of hydrogen-bond acceptors (Lipinski definition) is 3. The van der Waals surface area contributed by atoms with Crippen molar-refractivity contribution in [1.29, 1.82) is 0 Å². The van der Waals surface area contributed by atoms with Gasteiger partial charge in [0.15, 0.2) is 0 Å². The lowest BCUT2D eigenvalue weighted by Gasteiger charge is -2.15. The normalized spacial score (nSPS) is 31.0. The molecule has 2 unspecified atom stereocenters. The Labute approximate surface area is 76.5 Å². The number of fused-ring (bicyclic) bond motifs is 1. The Bertz CT molecular complexity index is 231. The summed E-state index contributed by atoms with van der Waals surface area (Å²) in [7, 11) is 0. The number of aliphatic hydroxyl groups is 1. The summed E-state index contributed by atoms with van der Waals surface area (Å²) in [5.41, 5.74) is 0. The average Bonchev–Trinajstić information content (AvgIpc) is 2.85. The van der Waals surface area contributed by atoms with Crippen LogP contribution < -0.4 is 0 Å². The molecule has 2 aliphatic rings. The fourth-order valence-corrected chi connectivity index (χ4v) is 1.85. The molecule has 2 rings (SSSR count). The first kappa shape index (κ1) is 8.69. The minimum atomic E-state index is 0.00735. The molecule has 2 atom stereocenters. The average molecular weight is 183 g/mol. The van der Waals surface area contributed by atoms with Gasteiger partial charge in [-0.2, -0.15) is 0 Å². The monoisotopic (exact) mass is 183 g/mol. The number of unbranched alkanes of at least 4 members (excludes halogenated alkanes) is 1. The number of carbonyl (C=O) groups excluding carboxylic acids is 2. The molecule has 0 spiro atoms. The van der Waals surface area contributed by atoms with Gasteiger partial charge in [0.1, 0.15) is 0 Å². The quantitative estimate of drug-likeness (QED) is 0.483. The van der Waals surface area contributed by atoms with Crippen LogP contribution in [0.5, 0.6) is 0 Å². The first-order chi connectivity index (χ1) is 6.25. The largest absolute Gasteiger partial charge is 0.396 e. The summed E-state index contributed by atoms with van der Waals surface area (Å²) in [5, 5.41) is 8.54. The van der Waals surface area contributed by atoms with Crippen molar-refractivity contribution in [3.8, 4) is 0 Å². The van der Waals surface area contributed by atoms with E-state index in [-0.39, 0.29) is 30.3 Å². The Hall–Kier alpha value is -0.900. The van der Waals surface area contributed by atoms with E-state index in [1.54, 1.807) is 0 Å². The molecule has 72 valence electrons. The van der Waals surface area contributed by atoms with Crippen LogP contribution in [0.25, 0.3) is 0 Å². The molecule has 1 aliphatic carbocycles. The summed E-state index contributed by atoms with van der Waals surface area (Å²) >= 11 is 0. The SMILES string of the molecule is O=C1C2CC2C(=O)N1CCCCO. The van der Waals surface area contributed by atoms with Crippen LogP contribution in [0.4, 0.5) is 0 Å². The molecule has 4 heteroatoms. The van der Waals surface area contributed by atoms with Crippen molar-refractivity contribution < 1.29 is 14.7 Å². The third-order valence-electron chi connectivity index (χ3n) is 2.75. The van der Waals surface area contributed by atoms with E-state index in [0.29, 0.717) is 19.4 Å². The second kappa shape index (κ2) is 3.10. The van der Waals surface area contributed by atoms with Gasteiger partial charge in [0, 0.05) is 13.2 Å². The van der Waals surface area contributed by atoms with Gasteiger partial charge in [-0.3, -0.25) is 14.5 Å². The van der Waals surface area contributed by atoms with Crippen LogP contribution in [0.3, 0.4) is 0 Å². The van der Waals surface area contributed by atoms with Gasteiger partial charge in [0.05, 0.1) is 11.8 Å². The summed E-state index contributed by atoms with van der Waals surface area (Å²) in [5.74, 6) is 0.0455. The van der Waals surface area contributed by atoms with Gasteiger partial charge < -0.3 is 5.11 Å². The maximum absolute atomic E-state index is 11.4. The lowest BCUT2D eigenvalue weighted by atomic mass is 10.3. The summed E-state index contributed by atoms with van der Waals surface area (Å²) in [6, 6.07) is 0. The molecule has 0 radical (unpaired) electrons. The van der Waals surface area contributed by atoms with Crippen LogP contribution in [0.15, 0.2) is 0 Å². The lowest BCUT2D eigenvalue weighted by Crippen LogP contribution is -2.33. The second-order valence-corrected chi connectivity index (χ2v) is 3.71. The molecule has 1 heterocycles. The van der Waals surface area contributed by atoms with Crippen molar-refractivity contribution in [2.45, 2.75) is 19.3 Å². The summed E-state index contributed by atoms with van der Waals surface area (Å²) in [6.45, 7) is 0.619. The van der Waals surface area contributed by atoms with E-state index in [0.717, 1.165) is 6.42 Å². The van der Waals surface area contributed by atoms with Crippen LogP contribution in [0, 0.1) is 11.8 Å². The zero-order chi connectivity index (χ0) is 9.42. The third-order valence-corrected chi connectivity index (χ3v) is 2.75. The topological polar surface area (TPSA) is 57.6 Å². The molecule has 0 bridgehead atoms. The van der Waals surface area contributed by atoms with Crippen LogP contribution in [-0.4, -0.2) is 35.0 Å². The van der Waals surface area contributed by atoms with Crippen molar-refractivity contribution in [3.05, 3.63) is 0 Å². The van der Waals surface area contributed by atoms with Gasteiger partial charge in [0.2, 0.25) is 11.8 Å². The predicted octanol–water partition coefficient (Wildman–Crippen LogP) is -0.236. The molecule has 2 fully saturated rings. The predicted molar refractivity (Wildman–Crippen MR) is 44.6 cm³/mol. The number of aliphatic hydroxyl groups excluding tert-OH is 1. The molecular formula is C9H13NO3. The van der Waals surface area contributed by atoms with Gasteiger partial charge in [-0.1, -0.05) is 0 Å². The maximum Gasteiger partial charge on any atom is 0.233 e. The summed E-state index contributed by atoms with van der Waals surface area (Å²) < 4.78 is 0. The van der Waals surface area contributed by atoms with Crippen molar-refractivity contribution in [2.75, 3.05) is 13.2 Å². The van der Waals surface area contributed by atoms with E-state index in [4.69, 9.17) is 5.11 Å². The second-order valence-electron chi connectivity index (χ2n) is 3.71. The molecule has 2 amide bonds. The highest BCUT2D eigenvalue weighted by atomic mass is 16.3. The highest BCUT2D eigenvalue weighted by molar-refractivity contribution is 6.08. The number of nitrogens with zero attached hydrogens (tertiary/aromatic N) is 1. The van der Waals surface area contributed by atoms with Gasteiger partial charge in [-0.25, -0.2) is 0 Å². The van der Waals surface area contributed by atoms with Gasteiger partial charge in [-0.05, 0) is 19.3 Å². The minimum Gasteiger partial charge on any atom is -0.396 e. The van der Waals surface area contributed by atoms with E-state index in [9.17, 15) is 9.59 Å². The van der Waals surface area contributed by atoms with Crippen LogP contribution >= 0.6 is 0 Å². The Kier molecular flexibility index (Phi) is 2.07. The van der Waals surface area contributed by atoms with Gasteiger partial charge >= 0.3 is 0 Å². The Morgan fingerprint density at radius 2 is 1.85 bits per heavy atom. The molecule has 0 aromatic rings. The van der Waals surface area contributed by atoms with E-state index >= 15 is 0 Å². The number of imide groups is 1. The molecular weight excluding hydrogens is 170 g/mol. The fourth-order valence-electron chi connectivity index (χ4n) is 1.85. The van der Waals surface area contributed by atoms with Crippen LogP contribution in [-0.2, 0) is 9.59 Å². The summed E-state index contributed by atoms with van der Waals surface area (Å²) in [4.78, 5) is 24.1. The number of carbonyl (C=O) groups is 2. The number of hydrogen-bond donors (Lipinski definition) is 1. The highest BCUT2D eigenvalue weighted by Gasteiger charge is 2.58. The molecule has 1 saturated heterocycles. The zero-order valence-corrected chi connectivity index (χ0v) is 7.40. The number of amides is 2. The van der Waals surface area contributed by atoms with Crippen LogP contribution in [0.1, 0.15) is 19.3 Å². The Balaban J connectivity index is 1.86. The van der Waals surface area contributed by atoms with Crippen molar-refractivity contribution in [2.24, 2.45) is 11.8 Å². The molecule has 1 saturated carbocycles. The Morgan fingerprint density at radius 3 is 2.38 bits per heavy atom. The number of piperidine rings is 1. The third kappa shape index (κ3) is 1.35. The summed E-state index contributed by atoms with van der Waals surface area (Å²) in [6.07, 6.45) is 2.15. The van der Waals surface area contributed by atoms with Gasteiger partial charge in [0.25, 0.3) is 0 Å². The molecule has 1 aliphatic heterocycles. The van der Waals surface area contributed by atoms with E-state index in [1.807, 2.05) is 0 Å². The lowest BCUT2D eigenvalue weighted by molar-refractivity contribution is -0.141. The number of likely N-dealkylation sites (tertiary alicyclic amines) is 1. The molecule has 0 aromatic carbocycles. The van der Waals surface area contributed by atoms with E-state index in [2.05, 4.69) is 0 Å². The fraction of sp³-hybridized carbons (Fsp3) is 0.778. The highest BCUT2D eigenvalue weighted by Crippen LogP contribution is 2.46. The van der Waals surface area contributed by atoms with Crippen LogP contribution in [0.2, 0.25) is 0 Å². The molecule has 1 N–H and O–H groups in total. The molecule has 13 heavy (non-hydrogen) atoms. The first-order valence-electron chi connectivity index (χ1n) is 4.72. The molecule has 0 aromatic heterocycles. The zero-order valence-electron chi connectivity index (χ0n) is 7.40. The molecule has 4 nitrogen and oxygen atoms in total. The van der Waals surface area contributed by atoms with E-state index < -0.39 is 0 Å². The maximum atomic E-state index is 11.4. The minimum absolute atomic E-state index is 0.00735.